The molecule has 5 aromatic rings. The third-order valence-corrected chi connectivity index (χ3v) is 15.6. The Kier molecular flexibility index (Phi) is 9.82. The van der Waals surface area contributed by atoms with Crippen molar-refractivity contribution in [2.45, 2.75) is 6.10 Å². The van der Waals surface area contributed by atoms with Crippen LogP contribution in [0.1, 0.15) is 20.7 Å². The van der Waals surface area contributed by atoms with E-state index in [1.807, 2.05) is 18.2 Å². The maximum atomic E-state index is 13.7. The molecule has 0 radical (unpaired) electrons. The summed E-state index contributed by atoms with van der Waals surface area (Å²) in [6, 6.07) is 40.5. The van der Waals surface area contributed by atoms with Crippen LogP contribution in [0.4, 0.5) is 10.5 Å². The summed E-state index contributed by atoms with van der Waals surface area (Å²) in [4.78, 5) is 41.3. The second-order valence-corrected chi connectivity index (χ2v) is 17.7. The van der Waals surface area contributed by atoms with E-state index in [1.165, 1.54) is 20.8 Å². The van der Waals surface area contributed by atoms with Gasteiger partial charge in [0.15, 0.2) is 0 Å². The lowest BCUT2D eigenvalue weighted by Gasteiger charge is -2.29. The van der Waals surface area contributed by atoms with Crippen LogP contribution >= 0.6 is 28.9 Å². The number of carbonyl (C=O) groups is 3. The molecule has 2 aliphatic heterocycles. The summed E-state index contributed by atoms with van der Waals surface area (Å²) in [5.74, 6) is 0.752. The molecule has 0 aromatic heterocycles. The Morgan fingerprint density at radius 1 is 0.708 bits per heavy atom. The number of amides is 3. The van der Waals surface area contributed by atoms with E-state index in [-0.39, 0.29) is 31.1 Å². The van der Waals surface area contributed by atoms with E-state index in [4.69, 9.17) is 9.47 Å². The van der Waals surface area contributed by atoms with Crippen LogP contribution in [-0.2, 0) is 9.47 Å². The van der Waals surface area contributed by atoms with Gasteiger partial charge in [0.2, 0.25) is 0 Å². The average molecular weight is 694 g/mol. The van der Waals surface area contributed by atoms with E-state index in [2.05, 4.69) is 78.1 Å². The number of benzene rings is 5. The van der Waals surface area contributed by atoms with E-state index < -0.39 is 13.4 Å². The number of nitrogens with one attached hydrogen (secondary N) is 1. The first kappa shape index (κ1) is 32.4. The molecule has 5 aromatic carbocycles. The second-order valence-electron chi connectivity index (χ2n) is 11.5. The van der Waals surface area contributed by atoms with Crippen molar-refractivity contribution in [1.29, 1.82) is 0 Å². The molecule has 7 nitrogen and oxygen atoms in total. The Labute approximate surface area is 288 Å². The maximum Gasteiger partial charge on any atom is 0.411 e. The van der Waals surface area contributed by atoms with Crippen LogP contribution in [0.3, 0.4) is 0 Å². The van der Waals surface area contributed by atoms with Gasteiger partial charge in [0.05, 0.1) is 31.6 Å². The number of hydrogen-bond donors (Lipinski definition) is 1. The number of rotatable bonds is 11. The Hall–Kier alpha value is -4.14. The molecular formula is C38H34N2O5PS2+. The number of imide groups is 1. The van der Waals surface area contributed by atoms with Gasteiger partial charge in [0.25, 0.3) is 11.8 Å². The maximum absolute atomic E-state index is 13.7. The minimum atomic E-state index is -2.06. The number of anilines is 1. The normalized spacial score (nSPS) is 14.8. The van der Waals surface area contributed by atoms with Crippen molar-refractivity contribution in [3.05, 3.63) is 132 Å². The highest BCUT2D eigenvalue weighted by Crippen LogP contribution is 2.55. The zero-order valence-corrected chi connectivity index (χ0v) is 28.6. The number of nitrogens with zero attached hydrogens (tertiary/aromatic N) is 1. The minimum Gasteiger partial charge on any atom is -0.444 e. The van der Waals surface area contributed by atoms with Gasteiger partial charge in [-0.25, -0.2) is 4.79 Å². The third-order valence-electron chi connectivity index (χ3n) is 8.71. The zero-order chi connectivity index (χ0) is 32.9. The average Bonchev–Trinajstić information content (AvgIpc) is 3.64. The van der Waals surface area contributed by atoms with Crippen LogP contribution in [0.15, 0.2) is 121 Å². The Morgan fingerprint density at radius 2 is 1.27 bits per heavy atom. The molecule has 7 rings (SSSR count). The molecule has 0 aliphatic carbocycles. The van der Waals surface area contributed by atoms with Crippen molar-refractivity contribution < 1.29 is 23.9 Å². The quantitative estimate of drug-likeness (QED) is 0.0709. The van der Waals surface area contributed by atoms with Crippen molar-refractivity contribution >= 4 is 79.1 Å². The van der Waals surface area contributed by atoms with Crippen LogP contribution in [0, 0.1) is 0 Å². The summed E-state index contributed by atoms with van der Waals surface area (Å²) in [5, 5.41) is 7.80. The van der Waals surface area contributed by atoms with Crippen molar-refractivity contribution in [2.24, 2.45) is 0 Å². The van der Waals surface area contributed by atoms with Gasteiger partial charge >= 0.3 is 6.09 Å². The predicted octanol–water partition coefficient (Wildman–Crippen LogP) is 6.76. The zero-order valence-electron chi connectivity index (χ0n) is 26.1. The lowest BCUT2D eigenvalue weighted by Crippen LogP contribution is -2.42. The molecular weight excluding hydrogens is 660 g/mol. The fraction of sp³-hybridized carbons (Fsp3) is 0.184. The first-order valence-corrected chi connectivity index (χ1v) is 20.3. The van der Waals surface area contributed by atoms with Gasteiger partial charge in [-0.3, -0.25) is 19.8 Å². The van der Waals surface area contributed by atoms with E-state index in [9.17, 15) is 14.4 Å². The fourth-order valence-corrected chi connectivity index (χ4v) is 13.1. The van der Waals surface area contributed by atoms with E-state index in [1.54, 1.807) is 51.9 Å². The van der Waals surface area contributed by atoms with Crippen LogP contribution in [-0.4, -0.2) is 66.3 Å². The van der Waals surface area contributed by atoms with Crippen LogP contribution < -0.4 is 21.2 Å². The van der Waals surface area contributed by atoms with Gasteiger partial charge in [0.1, 0.15) is 29.3 Å². The predicted molar refractivity (Wildman–Crippen MR) is 199 cm³/mol. The van der Waals surface area contributed by atoms with E-state index in [0.29, 0.717) is 34.2 Å². The molecule has 0 atom stereocenters. The number of hydrogen-bond acceptors (Lipinski definition) is 7. The number of ether oxygens (including phenoxy) is 2. The highest BCUT2D eigenvalue weighted by Gasteiger charge is 2.45. The molecule has 1 N–H and O–H groups in total. The summed E-state index contributed by atoms with van der Waals surface area (Å²) in [5.41, 5.74) is 1.34. The van der Waals surface area contributed by atoms with Crippen LogP contribution in [0.2, 0.25) is 0 Å². The molecule has 242 valence electrons. The van der Waals surface area contributed by atoms with Crippen molar-refractivity contribution in [1.82, 2.24) is 4.90 Å². The highest BCUT2D eigenvalue weighted by molar-refractivity contribution is 8.77. The highest BCUT2D eigenvalue weighted by atomic mass is 33.1. The van der Waals surface area contributed by atoms with Gasteiger partial charge in [0, 0.05) is 33.4 Å². The van der Waals surface area contributed by atoms with E-state index >= 15 is 0 Å². The van der Waals surface area contributed by atoms with E-state index in [0.717, 1.165) is 17.7 Å². The molecule has 0 saturated carbocycles. The molecule has 0 unspecified atom stereocenters. The summed E-state index contributed by atoms with van der Waals surface area (Å²) < 4.78 is 11.8. The smallest absolute Gasteiger partial charge is 0.411 e. The first-order chi connectivity index (χ1) is 23.6. The SMILES string of the molecule is O=C(Nc1ccc2c3c(cccc13)C(=O)N(CCOCC[P+](c1ccccc1)(c1ccccc1)c1ccccc1)C2=O)OC1CSSC1. The van der Waals surface area contributed by atoms with Crippen molar-refractivity contribution in [3.63, 3.8) is 0 Å². The largest absolute Gasteiger partial charge is 0.444 e. The standard InChI is InChI=1S/C38H33N2O5PS2/c41-36-32-18-10-17-31-34(39-38(43)45-27-25-47-48-26-27)20-19-33(35(31)32)37(42)40(36)21-22-44-23-24-46(28-11-4-1-5-12-28,29-13-6-2-7-14-29)30-15-8-3-9-16-30/h1-20,27H,21-26H2/p+1. The van der Waals surface area contributed by atoms with Gasteiger partial charge in [-0.2, -0.15) is 0 Å². The topological polar surface area (TPSA) is 84.9 Å². The molecule has 0 bridgehead atoms. The third kappa shape index (κ3) is 6.36. The first-order valence-electron chi connectivity index (χ1n) is 15.8. The molecule has 1 saturated heterocycles. The summed E-state index contributed by atoms with van der Waals surface area (Å²) >= 11 is 0. The Balaban J connectivity index is 1.07. The Bertz CT molecular complexity index is 1820. The van der Waals surface area contributed by atoms with Crippen molar-refractivity contribution in [3.8, 4) is 0 Å². The van der Waals surface area contributed by atoms with Gasteiger partial charge in [-0.05, 0) is 54.6 Å². The monoisotopic (exact) mass is 693 g/mol. The Morgan fingerprint density at radius 3 is 1.85 bits per heavy atom. The van der Waals surface area contributed by atoms with Gasteiger partial charge in [-0.15, -0.1) is 0 Å². The summed E-state index contributed by atoms with van der Waals surface area (Å²) in [7, 11) is 1.30. The minimum absolute atomic E-state index is 0.130. The van der Waals surface area contributed by atoms with Gasteiger partial charge in [-0.1, -0.05) is 88.3 Å². The lowest BCUT2D eigenvalue weighted by atomic mass is 9.93. The number of carbonyl (C=O) groups excluding carboxylic acids is 3. The molecule has 0 spiro atoms. The molecule has 1 fully saturated rings. The summed E-state index contributed by atoms with van der Waals surface area (Å²) in [6.45, 7) is 0.799. The fourth-order valence-electron chi connectivity index (χ4n) is 6.45. The lowest BCUT2D eigenvalue weighted by molar-refractivity contribution is 0.0534. The molecule has 2 heterocycles. The molecule has 48 heavy (non-hydrogen) atoms. The molecule has 10 heteroatoms. The van der Waals surface area contributed by atoms with Gasteiger partial charge < -0.3 is 9.47 Å². The molecule has 2 aliphatic rings. The van der Waals surface area contributed by atoms with Crippen LogP contribution in [0.5, 0.6) is 0 Å². The molecule has 3 amide bonds. The second kappa shape index (κ2) is 14.5. The van der Waals surface area contributed by atoms with Crippen LogP contribution in [0.25, 0.3) is 10.8 Å². The van der Waals surface area contributed by atoms with Crippen molar-refractivity contribution in [2.75, 3.05) is 42.7 Å². The summed E-state index contributed by atoms with van der Waals surface area (Å²) in [6.07, 6.45) is 0.0765.